The van der Waals surface area contributed by atoms with E-state index in [2.05, 4.69) is 24.8 Å². The molecule has 0 aliphatic carbocycles. The molecule has 2 aromatic rings. The molecule has 0 atom stereocenters. The summed E-state index contributed by atoms with van der Waals surface area (Å²) in [6.07, 6.45) is 1.45. The van der Waals surface area contributed by atoms with Crippen LogP contribution < -0.4 is 4.74 Å². The Kier molecular flexibility index (Phi) is 5.87. The number of aliphatic hydroxyl groups excluding tert-OH is 1. The zero-order valence-corrected chi connectivity index (χ0v) is 12.3. The molecular weight excluding hydrogens is 260 g/mol. The molecule has 0 aliphatic rings. The second kappa shape index (κ2) is 8.14. The first-order valence-electron chi connectivity index (χ1n) is 7.23. The summed E-state index contributed by atoms with van der Waals surface area (Å²) in [5.41, 5.74) is 3.23. The third-order valence-electron chi connectivity index (χ3n) is 3.21. The van der Waals surface area contributed by atoms with Gasteiger partial charge >= 0.3 is 0 Å². The zero-order chi connectivity index (χ0) is 14.9. The topological polar surface area (TPSA) is 29.5 Å². The Hall–Kier alpha value is -2.24. The van der Waals surface area contributed by atoms with Gasteiger partial charge in [0.25, 0.3) is 0 Å². The van der Waals surface area contributed by atoms with Crippen molar-refractivity contribution in [3.05, 3.63) is 65.2 Å². The lowest BCUT2D eigenvalue weighted by Crippen LogP contribution is -2.00. The van der Waals surface area contributed by atoms with Crippen molar-refractivity contribution in [2.75, 3.05) is 6.61 Å². The Morgan fingerprint density at radius 2 is 1.71 bits per heavy atom. The van der Waals surface area contributed by atoms with Crippen LogP contribution in [0.1, 0.15) is 30.0 Å². The van der Waals surface area contributed by atoms with Crippen molar-refractivity contribution in [2.45, 2.75) is 26.4 Å². The first kappa shape index (κ1) is 15.2. The largest absolute Gasteiger partial charge is 0.489 e. The monoisotopic (exact) mass is 280 g/mol. The fourth-order valence-corrected chi connectivity index (χ4v) is 2.07. The molecule has 0 saturated heterocycles. The molecule has 0 fully saturated rings. The minimum atomic E-state index is 0.0928. The highest BCUT2D eigenvalue weighted by molar-refractivity contribution is 5.41. The molecule has 0 amide bonds. The van der Waals surface area contributed by atoms with Crippen molar-refractivity contribution in [1.82, 2.24) is 0 Å². The van der Waals surface area contributed by atoms with Crippen LogP contribution in [0.2, 0.25) is 0 Å². The van der Waals surface area contributed by atoms with Gasteiger partial charge in [-0.1, -0.05) is 55.2 Å². The number of hydrogen-bond acceptors (Lipinski definition) is 2. The fourth-order valence-electron chi connectivity index (χ4n) is 2.07. The summed E-state index contributed by atoms with van der Waals surface area (Å²) in [6, 6.07) is 16.1. The van der Waals surface area contributed by atoms with E-state index in [0.717, 1.165) is 23.3 Å². The highest BCUT2D eigenvalue weighted by Crippen LogP contribution is 2.20. The van der Waals surface area contributed by atoms with Gasteiger partial charge in [0, 0.05) is 17.5 Å². The highest BCUT2D eigenvalue weighted by atomic mass is 16.5. The van der Waals surface area contributed by atoms with Crippen LogP contribution in [-0.2, 0) is 13.0 Å². The number of benzene rings is 2. The number of para-hydroxylation sites is 1. The molecule has 108 valence electrons. The van der Waals surface area contributed by atoms with Crippen molar-refractivity contribution >= 4 is 0 Å². The molecule has 0 spiro atoms. The number of rotatable bonds is 5. The van der Waals surface area contributed by atoms with E-state index in [0.29, 0.717) is 13.0 Å². The van der Waals surface area contributed by atoms with Gasteiger partial charge in [-0.15, -0.1) is 0 Å². The smallest absolute Gasteiger partial charge is 0.122 e. The first-order chi connectivity index (χ1) is 10.3. The summed E-state index contributed by atoms with van der Waals surface area (Å²) in [5, 5.41) is 8.80. The van der Waals surface area contributed by atoms with Gasteiger partial charge in [-0.05, 0) is 24.1 Å². The van der Waals surface area contributed by atoms with Crippen LogP contribution in [0, 0.1) is 11.8 Å². The van der Waals surface area contributed by atoms with Crippen molar-refractivity contribution in [2.24, 2.45) is 0 Å². The quantitative estimate of drug-likeness (QED) is 0.849. The van der Waals surface area contributed by atoms with Gasteiger partial charge < -0.3 is 9.84 Å². The predicted molar refractivity (Wildman–Crippen MR) is 85.2 cm³/mol. The molecule has 0 saturated carbocycles. The Labute approximate surface area is 126 Å². The van der Waals surface area contributed by atoms with E-state index in [4.69, 9.17) is 9.84 Å². The van der Waals surface area contributed by atoms with Crippen LogP contribution in [0.4, 0.5) is 0 Å². The van der Waals surface area contributed by atoms with Crippen molar-refractivity contribution < 1.29 is 9.84 Å². The third kappa shape index (κ3) is 4.37. The fraction of sp³-hybridized carbons (Fsp3) is 0.263. The summed E-state index contributed by atoms with van der Waals surface area (Å²) < 4.78 is 5.94. The lowest BCUT2D eigenvalue weighted by molar-refractivity contribution is 0.303. The standard InChI is InChI=1S/C19H20O2/c1-2-16-9-5-6-13-19(16)21-15-18-12-4-3-10-17(18)11-7-8-14-20/h3-6,9-10,12-13,20H,2,8,14-15H2,1H3. The minimum absolute atomic E-state index is 0.0928. The number of hydrogen-bond donors (Lipinski definition) is 1. The van der Waals surface area contributed by atoms with Gasteiger partial charge in [-0.25, -0.2) is 0 Å². The molecule has 2 rings (SSSR count). The Balaban J connectivity index is 2.12. The highest BCUT2D eigenvalue weighted by Gasteiger charge is 2.03. The molecule has 0 aliphatic heterocycles. The summed E-state index contributed by atoms with van der Waals surface area (Å²) in [7, 11) is 0. The van der Waals surface area contributed by atoms with E-state index in [-0.39, 0.29) is 6.61 Å². The normalized spacial score (nSPS) is 9.81. The summed E-state index contributed by atoms with van der Waals surface area (Å²) in [6.45, 7) is 2.72. The lowest BCUT2D eigenvalue weighted by Gasteiger charge is -2.11. The van der Waals surface area contributed by atoms with E-state index in [1.54, 1.807) is 0 Å². The van der Waals surface area contributed by atoms with Crippen molar-refractivity contribution in [3.8, 4) is 17.6 Å². The van der Waals surface area contributed by atoms with Gasteiger partial charge in [0.05, 0.1) is 6.61 Å². The maximum atomic E-state index is 8.80. The maximum absolute atomic E-state index is 8.80. The number of aliphatic hydroxyl groups is 1. The summed E-state index contributed by atoms with van der Waals surface area (Å²) in [5.74, 6) is 6.97. The van der Waals surface area contributed by atoms with Crippen molar-refractivity contribution in [3.63, 3.8) is 0 Å². The SMILES string of the molecule is CCc1ccccc1OCc1ccccc1C#CCCO. The van der Waals surface area contributed by atoms with Gasteiger partial charge in [0.2, 0.25) is 0 Å². The summed E-state index contributed by atoms with van der Waals surface area (Å²) >= 11 is 0. The van der Waals surface area contributed by atoms with Gasteiger partial charge in [0.1, 0.15) is 12.4 Å². The average Bonchev–Trinajstić information content (AvgIpc) is 2.54. The van der Waals surface area contributed by atoms with Crippen LogP contribution in [0.3, 0.4) is 0 Å². The van der Waals surface area contributed by atoms with Gasteiger partial charge in [-0.3, -0.25) is 0 Å². The average molecular weight is 280 g/mol. The first-order valence-corrected chi connectivity index (χ1v) is 7.23. The molecular formula is C19H20O2. The van der Waals surface area contributed by atoms with Crippen LogP contribution in [0.5, 0.6) is 5.75 Å². The molecule has 1 N–H and O–H groups in total. The second-order valence-corrected chi connectivity index (χ2v) is 4.68. The number of ether oxygens (including phenoxy) is 1. The molecule has 21 heavy (non-hydrogen) atoms. The Bertz CT molecular complexity index is 635. The van der Waals surface area contributed by atoms with E-state index < -0.39 is 0 Å². The molecule has 2 heteroatoms. The second-order valence-electron chi connectivity index (χ2n) is 4.68. The van der Waals surface area contributed by atoms with E-state index in [1.807, 2.05) is 42.5 Å². The Morgan fingerprint density at radius 3 is 2.48 bits per heavy atom. The van der Waals surface area contributed by atoms with E-state index in [1.165, 1.54) is 5.56 Å². The van der Waals surface area contributed by atoms with Crippen LogP contribution in [-0.4, -0.2) is 11.7 Å². The van der Waals surface area contributed by atoms with Crippen molar-refractivity contribution in [1.29, 1.82) is 0 Å². The van der Waals surface area contributed by atoms with Gasteiger partial charge in [0.15, 0.2) is 0 Å². The molecule has 0 aromatic heterocycles. The summed E-state index contributed by atoms with van der Waals surface area (Å²) in [4.78, 5) is 0. The van der Waals surface area contributed by atoms with Crippen LogP contribution in [0.25, 0.3) is 0 Å². The molecule has 2 nitrogen and oxygen atoms in total. The van der Waals surface area contributed by atoms with Gasteiger partial charge in [-0.2, -0.15) is 0 Å². The van der Waals surface area contributed by atoms with E-state index in [9.17, 15) is 0 Å². The maximum Gasteiger partial charge on any atom is 0.122 e. The third-order valence-corrected chi connectivity index (χ3v) is 3.21. The molecule has 0 heterocycles. The lowest BCUT2D eigenvalue weighted by atomic mass is 10.1. The zero-order valence-electron chi connectivity index (χ0n) is 12.3. The van der Waals surface area contributed by atoms with Crippen LogP contribution in [0.15, 0.2) is 48.5 Å². The minimum Gasteiger partial charge on any atom is -0.489 e. The predicted octanol–water partition coefficient (Wildman–Crippen LogP) is 3.56. The van der Waals surface area contributed by atoms with Crippen LogP contribution >= 0.6 is 0 Å². The molecule has 0 unspecified atom stereocenters. The Morgan fingerprint density at radius 1 is 1.00 bits per heavy atom. The van der Waals surface area contributed by atoms with E-state index >= 15 is 0 Å². The molecule has 2 aromatic carbocycles. The number of aryl methyl sites for hydroxylation is 1. The molecule has 0 radical (unpaired) electrons. The molecule has 0 bridgehead atoms.